The Morgan fingerprint density at radius 1 is 1.82 bits per heavy atom. The number of rotatable bonds is 3. The molecule has 0 aliphatic carbocycles. The van der Waals surface area contributed by atoms with Gasteiger partial charge in [0.25, 0.3) is 0 Å². The summed E-state index contributed by atoms with van der Waals surface area (Å²) >= 11 is 0. The van der Waals surface area contributed by atoms with Crippen LogP contribution in [0.25, 0.3) is 0 Å². The monoisotopic (exact) mass is 157 g/mol. The van der Waals surface area contributed by atoms with Gasteiger partial charge in [-0.1, -0.05) is 0 Å². The lowest BCUT2D eigenvalue weighted by atomic mass is 10.5. The molecule has 62 valence electrons. The highest BCUT2D eigenvalue weighted by atomic mass is 16.6. The summed E-state index contributed by atoms with van der Waals surface area (Å²) in [5.41, 5.74) is 3.31. The first kappa shape index (κ1) is 8.03. The fourth-order valence-corrected chi connectivity index (χ4v) is 0.778. The SMILES string of the molecule is CONc1ncc(CO)n1C. The fourth-order valence-electron chi connectivity index (χ4n) is 0.778. The molecule has 0 atom stereocenters. The van der Waals surface area contributed by atoms with E-state index in [9.17, 15) is 0 Å². The van der Waals surface area contributed by atoms with E-state index in [1.165, 1.54) is 7.11 Å². The molecule has 1 heterocycles. The zero-order valence-corrected chi connectivity index (χ0v) is 6.53. The van der Waals surface area contributed by atoms with E-state index in [0.717, 1.165) is 5.69 Å². The van der Waals surface area contributed by atoms with E-state index in [1.54, 1.807) is 17.8 Å². The second-order valence-corrected chi connectivity index (χ2v) is 2.10. The molecule has 5 nitrogen and oxygen atoms in total. The third kappa shape index (κ3) is 1.50. The first-order valence-electron chi connectivity index (χ1n) is 3.20. The van der Waals surface area contributed by atoms with Crippen molar-refractivity contribution in [1.82, 2.24) is 9.55 Å². The quantitative estimate of drug-likeness (QED) is 0.601. The minimum atomic E-state index is -0.0190. The maximum absolute atomic E-state index is 8.77. The molecule has 1 rings (SSSR count). The Morgan fingerprint density at radius 3 is 3.00 bits per heavy atom. The second kappa shape index (κ2) is 3.36. The summed E-state index contributed by atoms with van der Waals surface area (Å²) in [6.07, 6.45) is 1.58. The smallest absolute Gasteiger partial charge is 0.227 e. The average Bonchev–Trinajstić information content (AvgIpc) is 2.34. The minimum Gasteiger partial charge on any atom is -0.390 e. The Bertz CT molecular complexity index is 234. The molecule has 0 saturated heterocycles. The summed E-state index contributed by atoms with van der Waals surface area (Å²) in [7, 11) is 3.30. The predicted molar refractivity (Wildman–Crippen MR) is 39.8 cm³/mol. The molecule has 0 spiro atoms. The van der Waals surface area contributed by atoms with Gasteiger partial charge < -0.3 is 9.67 Å². The number of nitrogens with one attached hydrogen (secondary N) is 1. The van der Waals surface area contributed by atoms with E-state index < -0.39 is 0 Å². The Morgan fingerprint density at radius 2 is 2.55 bits per heavy atom. The van der Waals surface area contributed by atoms with Gasteiger partial charge in [0.1, 0.15) is 0 Å². The van der Waals surface area contributed by atoms with E-state index >= 15 is 0 Å². The zero-order valence-electron chi connectivity index (χ0n) is 6.53. The topological polar surface area (TPSA) is 59.3 Å². The van der Waals surface area contributed by atoms with Gasteiger partial charge in [0.2, 0.25) is 5.95 Å². The third-order valence-electron chi connectivity index (χ3n) is 1.44. The van der Waals surface area contributed by atoms with Crippen molar-refractivity contribution in [3.63, 3.8) is 0 Å². The maximum Gasteiger partial charge on any atom is 0.227 e. The molecule has 0 aromatic carbocycles. The van der Waals surface area contributed by atoms with Crippen LogP contribution in [0.1, 0.15) is 5.69 Å². The number of hydrogen-bond donors (Lipinski definition) is 2. The van der Waals surface area contributed by atoms with Gasteiger partial charge in [0.15, 0.2) is 0 Å². The van der Waals surface area contributed by atoms with Gasteiger partial charge in [-0.05, 0) is 0 Å². The molecule has 2 N–H and O–H groups in total. The molecule has 5 heteroatoms. The van der Waals surface area contributed by atoms with Crippen molar-refractivity contribution in [2.75, 3.05) is 12.6 Å². The molecule has 0 aliphatic heterocycles. The molecule has 0 amide bonds. The van der Waals surface area contributed by atoms with E-state index in [0.29, 0.717) is 5.95 Å². The van der Waals surface area contributed by atoms with Crippen LogP contribution in [0.4, 0.5) is 5.95 Å². The van der Waals surface area contributed by atoms with Crippen LogP contribution in [0.3, 0.4) is 0 Å². The molecule has 0 fully saturated rings. The van der Waals surface area contributed by atoms with Crippen molar-refractivity contribution in [2.45, 2.75) is 6.61 Å². The molecular formula is C6H11N3O2. The lowest BCUT2D eigenvalue weighted by Crippen LogP contribution is -2.04. The van der Waals surface area contributed by atoms with Crippen LogP contribution < -0.4 is 5.48 Å². The standard InChI is InChI=1S/C6H11N3O2/c1-9-5(4-10)3-7-6(9)8-11-2/h3,10H,4H2,1-2H3,(H,7,8). The Labute approximate surface area is 64.6 Å². The van der Waals surface area contributed by atoms with E-state index in [-0.39, 0.29) is 6.61 Å². The van der Waals surface area contributed by atoms with Crippen molar-refractivity contribution < 1.29 is 9.94 Å². The number of hydrogen-bond acceptors (Lipinski definition) is 4. The van der Waals surface area contributed by atoms with Crippen LogP contribution >= 0.6 is 0 Å². The molecule has 1 aromatic heterocycles. The highest BCUT2D eigenvalue weighted by Gasteiger charge is 2.02. The summed E-state index contributed by atoms with van der Waals surface area (Å²) in [4.78, 5) is 8.59. The molecule has 0 saturated carbocycles. The van der Waals surface area contributed by atoms with Crippen molar-refractivity contribution >= 4 is 5.95 Å². The number of anilines is 1. The summed E-state index contributed by atoms with van der Waals surface area (Å²) in [5.74, 6) is 0.580. The van der Waals surface area contributed by atoms with Crippen molar-refractivity contribution in [3.05, 3.63) is 11.9 Å². The number of imidazole rings is 1. The van der Waals surface area contributed by atoms with Gasteiger partial charge in [0.05, 0.1) is 25.6 Å². The van der Waals surface area contributed by atoms with Gasteiger partial charge in [-0.25, -0.2) is 10.5 Å². The lowest BCUT2D eigenvalue weighted by molar-refractivity contribution is 0.260. The Balaban J connectivity index is 2.82. The van der Waals surface area contributed by atoms with Gasteiger partial charge in [-0.15, -0.1) is 0 Å². The molecular weight excluding hydrogens is 146 g/mol. The summed E-state index contributed by atoms with van der Waals surface area (Å²) in [6, 6.07) is 0. The molecule has 0 radical (unpaired) electrons. The van der Waals surface area contributed by atoms with Crippen molar-refractivity contribution in [1.29, 1.82) is 0 Å². The lowest BCUT2D eigenvalue weighted by Gasteiger charge is -2.03. The second-order valence-electron chi connectivity index (χ2n) is 2.10. The number of nitrogens with zero attached hydrogens (tertiary/aromatic N) is 2. The largest absolute Gasteiger partial charge is 0.390 e. The van der Waals surface area contributed by atoms with Crippen LogP contribution in [0, 0.1) is 0 Å². The fraction of sp³-hybridized carbons (Fsp3) is 0.500. The molecule has 0 aliphatic rings. The average molecular weight is 157 g/mol. The highest BCUT2D eigenvalue weighted by Crippen LogP contribution is 2.06. The molecule has 1 aromatic rings. The summed E-state index contributed by atoms with van der Waals surface area (Å²) < 4.78 is 1.71. The normalized spacial score (nSPS) is 10.1. The predicted octanol–water partition coefficient (Wildman–Crippen LogP) is -0.114. The van der Waals surface area contributed by atoms with Gasteiger partial charge in [0, 0.05) is 7.05 Å². The first-order chi connectivity index (χ1) is 5.29. The first-order valence-corrected chi connectivity index (χ1v) is 3.20. The van der Waals surface area contributed by atoms with E-state index in [2.05, 4.69) is 15.3 Å². The molecule has 0 unspecified atom stereocenters. The molecule has 0 bridgehead atoms. The van der Waals surface area contributed by atoms with Gasteiger partial charge >= 0.3 is 0 Å². The number of aliphatic hydroxyl groups is 1. The summed E-state index contributed by atoms with van der Waals surface area (Å²) in [6.45, 7) is -0.0190. The number of aromatic nitrogens is 2. The summed E-state index contributed by atoms with van der Waals surface area (Å²) in [5, 5.41) is 8.77. The number of aliphatic hydroxyl groups excluding tert-OH is 1. The Hall–Kier alpha value is -1.07. The van der Waals surface area contributed by atoms with Crippen LogP contribution in [-0.2, 0) is 18.5 Å². The zero-order chi connectivity index (χ0) is 8.27. The molecule has 11 heavy (non-hydrogen) atoms. The van der Waals surface area contributed by atoms with Crippen molar-refractivity contribution in [3.8, 4) is 0 Å². The third-order valence-corrected chi connectivity index (χ3v) is 1.44. The van der Waals surface area contributed by atoms with E-state index in [4.69, 9.17) is 5.11 Å². The van der Waals surface area contributed by atoms with Crippen LogP contribution in [0.15, 0.2) is 6.20 Å². The van der Waals surface area contributed by atoms with Crippen LogP contribution in [0.2, 0.25) is 0 Å². The van der Waals surface area contributed by atoms with Gasteiger partial charge in [-0.3, -0.25) is 4.84 Å². The maximum atomic E-state index is 8.77. The van der Waals surface area contributed by atoms with Crippen LogP contribution in [0.5, 0.6) is 0 Å². The Kier molecular flexibility index (Phi) is 2.45. The van der Waals surface area contributed by atoms with Crippen LogP contribution in [-0.4, -0.2) is 21.8 Å². The van der Waals surface area contributed by atoms with Gasteiger partial charge in [-0.2, -0.15) is 0 Å². The highest BCUT2D eigenvalue weighted by molar-refractivity contribution is 5.25. The van der Waals surface area contributed by atoms with E-state index in [1.807, 2.05) is 0 Å². The van der Waals surface area contributed by atoms with Crippen molar-refractivity contribution in [2.24, 2.45) is 7.05 Å². The minimum absolute atomic E-state index is 0.0190.